The molecule has 3 aliphatic heterocycles. The number of carboxylic acid groups (broad SMARTS) is 2. The van der Waals surface area contributed by atoms with Crippen molar-refractivity contribution >= 4 is 17.8 Å². The molecule has 7 nitrogen and oxygen atoms in total. The fourth-order valence-corrected chi connectivity index (χ4v) is 2.42. The van der Waals surface area contributed by atoms with Crippen molar-refractivity contribution in [3.8, 4) is 0 Å². The van der Waals surface area contributed by atoms with Gasteiger partial charge >= 0.3 is 11.9 Å². The Kier molecular flexibility index (Phi) is 4.39. The SMILES string of the molecule is O=C(C1CC1)N1CC2CC(C1)N2.O=C(O)/C=C/C(=O)O. The lowest BCUT2D eigenvalue weighted by Gasteiger charge is -2.48. The number of aliphatic carboxylic acids is 2. The van der Waals surface area contributed by atoms with Crippen LogP contribution in [-0.2, 0) is 14.4 Å². The Hall–Kier alpha value is -1.89. The minimum absolute atomic E-state index is 0.405. The molecule has 0 spiro atoms. The molecular weight excluding hydrogens is 264 g/mol. The number of hydrogen-bond donors (Lipinski definition) is 3. The summed E-state index contributed by atoms with van der Waals surface area (Å²) in [6.07, 6.45) is 4.68. The predicted molar refractivity (Wildman–Crippen MR) is 69.0 cm³/mol. The largest absolute Gasteiger partial charge is 0.478 e. The van der Waals surface area contributed by atoms with Crippen molar-refractivity contribution in [3.63, 3.8) is 0 Å². The second-order valence-corrected chi connectivity index (χ2v) is 5.32. The number of amides is 1. The van der Waals surface area contributed by atoms with E-state index < -0.39 is 11.9 Å². The van der Waals surface area contributed by atoms with Crippen molar-refractivity contribution in [2.24, 2.45) is 5.92 Å². The Balaban J connectivity index is 0.000000163. The summed E-state index contributed by atoms with van der Waals surface area (Å²) in [5.41, 5.74) is 0. The van der Waals surface area contributed by atoms with Crippen LogP contribution < -0.4 is 5.32 Å². The van der Waals surface area contributed by atoms with Gasteiger partial charge in [0, 0.05) is 43.2 Å². The molecule has 4 aliphatic rings. The minimum Gasteiger partial charge on any atom is -0.478 e. The lowest BCUT2D eigenvalue weighted by atomic mass is 9.91. The average molecular weight is 282 g/mol. The highest BCUT2D eigenvalue weighted by atomic mass is 16.4. The van der Waals surface area contributed by atoms with Crippen LogP contribution in [0.3, 0.4) is 0 Å². The van der Waals surface area contributed by atoms with E-state index in [9.17, 15) is 14.4 Å². The van der Waals surface area contributed by atoms with Crippen molar-refractivity contribution in [1.82, 2.24) is 10.2 Å². The number of piperidine rings is 1. The summed E-state index contributed by atoms with van der Waals surface area (Å²) in [5.74, 6) is -1.69. The zero-order chi connectivity index (χ0) is 14.7. The third-order valence-corrected chi connectivity index (χ3v) is 3.53. The minimum atomic E-state index is -1.26. The molecule has 2 unspecified atom stereocenters. The monoisotopic (exact) mass is 282 g/mol. The molecule has 7 heteroatoms. The third-order valence-electron chi connectivity index (χ3n) is 3.53. The highest BCUT2D eigenvalue weighted by Gasteiger charge is 2.42. The molecule has 3 saturated heterocycles. The zero-order valence-electron chi connectivity index (χ0n) is 11.0. The molecule has 2 atom stereocenters. The molecule has 1 amide bonds. The molecule has 3 N–H and O–H groups in total. The molecule has 0 aromatic rings. The summed E-state index contributed by atoms with van der Waals surface area (Å²) in [6.45, 7) is 1.93. The molecule has 2 bridgehead atoms. The van der Waals surface area contributed by atoms with Crippen LogP contribution in [0.15, 0.2) is 12.2 Å². The lowest BCUT2D eigenvalue weighted by molar-refractivity contribution is -0.136. The van der Waals surface area contributed by atoms with Crippen LogP contribution in [0, 0.1) is 5.92 Å². The van der Waals surface area contributed by atoms with Crippen molar-refractivity contribution in [2.75, 3.05) is 13.1 Å². The van der Waals surface area contributed by atoms with Gasteiger partial charge in [-0.3, -0.25) is 4.79 Å². The van der Waals surface area contributed by atoms with E-state index in [2.05, 4.69) is 10.2 Å². The van der Waals surface area contributed by atoms with Crippen molar-refractivity contribution < 1.29 is 24.6 Å². The number of carbonyl (C=O) groups is 3. The van der Waals surface area contributed by atoms with Crippen molar-refractivity contribution in [1.29, 1.82) is 0 Å². The molecular formula is C13H18N2O5. The Morgan fingerprint density at radius 1 is 1.00 bits per heavy atom. The fourth-order valence-electron chi connectivity index (χ4n) is 2.42. The molecule has 0 aromatic heterocycles. The first-order chi connectivity index (χ1) is 9.45. The lowest BCUT2D eigenvalue weighted by Crippen LogP contribution is -2.67. The van der Waals surface area contributed by atoms with Gasteiger partial charge in [0.2, 0.25) is 5.91 Å². The van der Waals surface area contributed by atoms with Gasteiger partial charge in [0.05, 0.1) is 0 Å². The first kappa shape index (κ1) is 14.5. The van der Waals surface area contributed by atoms with Gasteiger partial charge in [-0.05, 0) is 19.3 Å². The third kappa shape index (κ3) is 4.06. The number of nitrogens with zero attached hydrogens (tertiary/aromatic N) is 1. The van der Waals surface area contributed by atoms with E-state index in [1.54, 1.807) is 0 Å². The number of carbonyl (C=O) groups excluding carboxylic acids is 1. The summed E-state index contributed by atoms with van der Waals surface area (Å²) in [5, 5.41) is 19.1. The van der Waals surface area contributed by atoms with Gasteiger partial charge in [-0.1, -0.05) is 0 Å². The van der Waals surface area contributed by atoms with Gasteiger partial charge in [-0.25, -0.2) is 9.59 Å². The summed E-state index contributed by atoms with van der Waals surface area (Å²) < 4.78 is 0. The van der Waals surface area contributed by atoms with E-state index in [0.29, 0.717) is 36.1 Å². The van der Waals surface area contributed by atoms with Gasteiger partial charge in [0.25, 0.3) is 0 Å². The molecule has 4 fully saturated rings. The smallest absolute Gasteiger partial charge is 0.328 e. The Labute approximate surface area is 116 Å². The molecule has 1 saturated carbocycles. The van der Waals surface area contributed by atoms with Gasteiger partial charge in [-0.15, -0.1) is 0 Å². The van der Waals surface area contributed by atoms with Gasteiger partial charge in [0.15, 0.2) is 0 Å². The predicted octanol–water partition coefficient (Wildman–Crippen LogP) is -0.319. The standard InChI is InChI=1S/C9H14N2O.C4H4O4/c12-9(6-1-2-6)11-4-7-3-8(5-11)10-7;5-3(6)1-2-4(7)8/h6-8,10H,1-5H2;1-2H,(H,5,6)(H,7,8)/b;2-1+. The first-order valence-corrected chi connectivity index (χ1v) is 6.64. The van der Waals surface area contributed by atoms with Crippen molar-refractivity contribution in [2.45, 2.75) is 31.3 Å². The number of nitrogens with one attached hydrogen (secondary N) is 1. The van der Waals surface area contributed by atoms with E-state index >= 15 is 0 Å². The molecule has 4 rings (SSSR count). The second kappa shape index (κ2) is 6.04. The molecule has 110 valence electrons. The van der Waals surface area contributed by atoms with E-state index in [0.717, 1.165) is 25.9 Å². The number of rotatable bonds is 3. The van der Waals surface area contributed by atoms with E-state index in [-0.39, 0.29) is 0 Å². The molecule has 20 heavy (non-hydrogen) atoms. The van der Waals surface area contributed by atoms with Crippen LogP contribution in [0.1, 0.15) is 19.3 Å². The number of piperazine rings is 1. The Bertz CT molecular complexity index is 412. The Morgan fingerprint density at radius 2 is 1.45 bits per heavy atom. The maximum atomic E-state index is 11.6. The highest BCUT2D eigenvalue weighted by Crippen LogP contribution is 2.33. The van der Waals surface area contributed by atoms with Gasteiger partial charge in [-0.2, -0.15) is 0 Å². The van der Waals surface area contributed by atoms with E-state index in [1.807, 2.05) is 0 Å². The summed E-state index contributed by atoms with van der Waals surface area (Å²) in [4.78, 5) is 32.8. The van der Waals surface area contributed by atoms with Crippen LogP contribution >= 0.6 is 0 Å². The van der Waals surface area contributed by atoms with Gasteiger partial charge in [0.1, 0.15) is 0 Å². The van der Waals surface area contributed by atoms with Crippen LogP contribution in [0.25, 0.3) is 0 Å². The van der Waals surface area contributed by atoms with Crippen LogP contribution in [0.2, 0.25) is 0 Å². The molecule has 0 radical (unpaired) electrons. The second-order valence-electron chi connectivity index (χ2n) is 5.32. The summed E-state index contributed by atoms with van der Waals surface area (Å²) in [6, 6.07) is 1.23. The zero-order valence-corrected chi connectivity index (χ0v) is 11.0. The van der Waals surface area contributed by atoms with Crippen LogP contribution in [0.4, 0.5) is 0 Å². The average Bonchev–Trinajstić information content (AvgIpc) is 3.20. The maximum Gasteiger partial charge on any atom is 0.328 e. The van der Waals surface area contributed by atoms with Crippen LogP contribution in [0.5, 0.6) is 0 Å². The summed E-state index contributed by atoms with van der Waals surface area (Å²) in [7, 11) is 0. The normalized spacial score (nSPS) is 27.3. The van der Waals surface area contributed by atoms with Crippen LogP contribution in [-0.4, -0.2) is 58.1 Å². The molecule has 1 aliphatic carbocycles. The van der Waals surface area contributed by atoms with Gasteiger partial charge < -0.3 is 20.4 Å². The number of fused-ring (bicyclic) bond motifs is 2. The quantitative estimate of drug-likeness (QED) is 0.612. The Morgan fingerprint density at radius 3 is 1.80 bits per heavy atom. The topological polar surface area (TPSA) is 107 Å². The fraction of sp³-hybridized carbons (Fsp3) is 0.615. The van der Waals surface area contributed by atoms with E-state index in [4.69, 9.17) is 10.2 Å². The summed E-state index contributed by atoms with van der Waals surface area (Å²) >= 11 is 0. The molecule has 3 heterocycles. The first-order valence-electron chi connectivity index (χ1n) is 6.64. The molecule has 0 aromatic carbocycles. The van der Waals surface area contributed by atoms with Crippen molar-refractivity contribution in [3.05, 3.63) is 12.2 Å². The highest BCUT2D eigenvalue weighted by molar-refractivity contribution is 5.89. The number of carboxylic acids is 2. The van der Waals surface area contributed by atoms with E-state index in [1.165, 1.54) is 6.42 Å². The maximum absolute atomic E-state index is 11.6. The number of hydrogen-bond acceptors (Lipinski definition) is 4.